The van der Waals surface area contributed by atoms with Gasteiger partial charge in [0.05, 0.1) is 6.61 Å². The van der Waals surface area contributed by atoms with Gasteiger partial charge in [-0.2, -0.15) is 0 Å². The predicted molar refractivity (Wildman–Crippen MR) is 78.8 cm³/mol. The molecule has 1 aliphatic rings. The minimum Gasteiger partial charge on any atom is -0.494 e. The molecule has 2 unspecified atom stereocenters. The Morgan fingerprint density at radius 3 is 2.61 bits per heavy atom. The van der Waals surface area contributed by atoms with Crippen LogP contribution in [0.1, 0.15) is 38.5 Å². The van der Waals surface area contributed by atoms with E-state index in [-0.39, 0.29) is 0 Å². The van der Waals surface area contributed by atoms with Crippen molar-refractivity contribution in [3.8, 4) is 5.75 Å². The first-order valence-electron chi connectivity index (χ1n) is 6.89. The third-order valence-corrected chi connectivity index (χ3v) is 4.32. The Balaban J connectivity index is 1.75. The van der Waals surface area contributed by atoms with Crippen molar-refractivity contribution in [1.82, 2.24) is 0 Å². The van der Waals surface area contributed by atoms with Gasteiger partial charge in [-0.15, -0.1) is 0 Å². The van der Waals surface area contributed by atoms with Crippen molar-refractivity contribution in [2.24, 2.45) is 11.7 Å². The number of ether oxygens (including phenoxy) is 1. The lowest BCUT2D eigenvalue weighted by Crippen LogP contribution is -2.30. The van der Waals surface area contributed by atoms with E-state index in [9.17, 15) is 0 Å². The van der Waals surface area contributed by atoms with Gasteiger partial charge in [-0.05, 0) is 49.4 Å². The summed E-state index contributed by atoms with van der Waals surface area (Å²) in [5.74, 6) is 1.59. The van der Waals surface area contributed by atoms with E-state index in [0.717, 1.165) is 23.2 Å². The standard InChI is InChI=1S/C15H22BrNO/c16-13-6-8-14(9-7-13)18-11-10-12-4-2-1-3-5-15(12)17/h6-9,12,15H,1-5,10-11,17H2. The largest absolute Gasteiger partial charge is 0.494 e. The highest BCUT2D eigenvalue weighted by Gasteiger charge is 2.19. The quantitative estimate of drug-likeness (QED) is 0.849. The fourth-order valence-corrected chi connectivity index (χ4v) is 2.89. The molecule has 0 amide bonds. The van der Waals surface area contributed by atoms with Gasteiger partial charge in [0.1, 0.15) is 5.75 Å². The number of hydrogen-bond donors (Lipinski definition) is 1. The molecule has 0 heterocycles. The molecule has 2 atom stereocenters. The van der Waals surface area contributed by atoms with Crippen LogP contribution in [0.15, 0.2) is 28.7 Å². The first kappa shape index (κ1) is 13.9. The molecule has 0 saturated heterocycles. The highest BCUT2D eigenvalue weighted by Crippen LogP contribution is 2.25. The predicted octanol–water partition coefficient (Wildman–Crippen LogP) is 4.13. The third kappa shape index (κ3) is 4.29. The molecule has 0 aliphatic heterocycles. The van der Waals surface area contributed by atoms with Gasteiger partial charge in [0.2, 0.25) is 0 Å². The highest BCUT2D eigenvalue weighted by atomic mass is 79.9. The topological polar surface area (TPSA) is 35.2 Å². The Labute approximate surface area is 118 Å². The summed E-state index contributed by atoms with van der Waals surface area (Å²) in [5, 5.41) is 0. The van der Waals surface area contributed by atoms with Crippen molar-refractivity contribution in [3.63, 3.8) is 0 Å². The fraction of sp³-hybridized carbons (Fsp3) is 0.600. The zero-order chi connectivity index (χ0) is 12.8. The Bertz CT molecular complexity index is 352. The van der Waals surface area contributed by atoms with Gasteiger partial charge in [0.15, 0.2) is 0 Å². The second-order valence-electron chi connectivity index (χ2n) is 5.15. The van der Waals surface area contributed by atoms with Crippen LogP contribution in [-0.2, 0) is 0 Å². The Kier molecular flexibility index (Phi) is 5.51. The lowest BCUT2D eigenvalue weighted by Gasteiger charge is -2.21. The lowest BCUT2D eigenvalue weighted by atomic mass is 9.93. The smallest absolute Gasteiger partial charge is 0.119 e. The average molecular weight is 312 g/mol. The molecule has 3 heteroatoms. The van der Waals surface area contributed by atoms with Crippen LogP contribution < -0.4 is 10.5 Å². The first-order valence-corrected chi connectivity index (χ1v) is 7.69. The molecule has 1 fully saturated rings. The summed E-state index contributed by atoms with van der Waals surface area (Å²) in [4.78, 5) is 0. The van der Waals surface area contributed by atoms with Crippen molar-refractivity contribution >= 4 is 15.9 Å². The summed E-state index contributed by atoms with van der Waals surface area (Å²) in [6, 6.07) is 8.38. The molecular weight excluding hydrogens is 290 g/mol. The van der Waals surface area contributed by atoms with E-state index in [1.807, 2.05) is 24.3 Å². The lowest BCUT2D eigenvalue weighted by molar-refractivity contribution is 0.254. The molecule has 2 N–H and O–H groups in total. The van der Waals surface area contributed by atoms with E-state index in [0.29, 0.717) is 12.0 Å². The molecule has 18 heavy (non-hydrogen) atoms. The normalized spacial score (nSPS) is 24.6. The molecule has 100 valence electrons. The molecule has 1 aliphatic carbocycles. The molecule has 2 nitrogen and oxygen atoms in total. The summed E-state index contributed by atoms with van der Waals surface area (Å²) in [6.45, 7) is 0.778. The molecule has 1 aromatic carbocycles. The second-order valence-corrected chi connectivity index (χ2v) is 6.07. The van der Waals surface area contributed by atoms with E-state index >= 15 is 0 Å². The van der Waals surface area contributed by atoms with E-state index in [4.69, 9.17) is 10.5 Å². The molecule has 0 spiro atoms. The molecule has 0 radical (unpaired) electrons. The molecular formula is C15H22BrNO. The van der Waals surface area contributed by atoms with Crippen molar-refractivity contribution < 1.29 is 4.74 Å². The maximum atomic E-state index is 6.22. The summed E-state index contributed by atoms with van der Waals surface area (Å²) in [7, 11) is 0. The SMILES string of the molecule is NC1CCCCCC1CCOc1ccc(Br)cc1. The van der Waals surface area contributed by atoms with Crippen LogP contribution in [0.2, 0.25) is 0 Å². The minimum absolute atomic E-state index is 0.376. The van der Waals surface area contributed by atoms with Crippen LogP contribution in [0.4, 0.5) is 0 Å². The fourth-order valence-electron chi connectivity index (χ4n) is 2.63. The molecule has 1 aromatic rings. The Hall–Kier alpha value is -0.540. The summed E-state index contributed by atoms with van der Waals surface area (Å²) >= 11 is 3.42. The van der Waals surface area contributed by atoms with Crippen LogP contribution in [0, 0.1) is 5.92 Å². The van der Waals surface area contributed by atoms with Gasteiger partial charge >= 0.3 is 0 Å². The zero-order valence-corrected chi connectivity index (χ0v) is 12.4. The maximum absolute atomic E-state index is 6.22. The van der Waals surface area contributed by atoms with Gasteiger partial charge in [-0.25, -0.2) is 0 Å². The summed E-state index contributed by atoms with van der Waals surface area (Å²) in [5.41, 5.74) is 6.22. The van der Waals surface area contributed by atoms with Crippen LogP contribution in [0.25, 0.3) is 0 Å². The van der Waals surface area contributed by atoms with Gasteiger partial charge in [0.25, 0.3) is 0 Å². The first-order chi connectivity index (χ1) is 8.75. The average Bonchev–Trinajstić information content (AvgIpc) is 2.57. The van der Waals surface area contributed by atoms with Crippen molar-refractivity contribution in [2.75, 3.05) is 6.61 Å². The van der Waals surface area contributed by atoms with Gasteiger partial charge in [0, 0.05) is 10.5 Å². The molecule has 1 saturated carbocycles. The van der Waals surface area contributed by atoms with Crippen LogP contribution in [-0.4, -0.2) is 12.6 Å². The maximum Gasteiger partial charge on any atom is 0.119 e. The Morgan fingerprint density at radius 2 is 1.83 bits per heavy atom. The minimum atomic E-state index is 0.376. The van der Waals surface area contributed by atoms with E-state index in [1.165, 1.54) is 32.1 Å². The molecule has 0 aromatic heterocycles. The summed E-state index contributed by atoms with van der Waals surface area (Å²) < 4.78 is 6.86. The van der Waals surface area contributed by atoms with Crippen LogP contribution >= 0.6 is 15.9 Å². The highest BCUT2D eigenvalue weighted by molar-refractivity contribution is 9.10. The second kappa shape index (κ2) is 7.15. The van der Waals surface area contributed by atoms with Crippen LogP contribution in [0.5, 0.6) is 5.75 Å². The number of benzene rings is 1. The number of rotatable bonds is 4. The van der Waals surface area contributed by atoms with E-state index < -0.39 is 0 Å². The van der Waals surface area contributed by atoms with Crippen molar-refractivity contribution in [1.29, 1.82) is 0 Å². The summed E-state index contributed by atoms with van der Waals surface area (Å²) in [6.07, 6.45) is 7.50. The van der Waals surface area contributed by atoms with Gasteiger partial charge in [-0.3, -0.25) is 0 Å². The Morgan fingerprint density at radius 1 is 1.11 bits per heavy atom. The zero-order valence-electron chi connectivity index (χ0n) is 10.8. The molecule has 2 rings (SSSR count). The van der Waals surface area contributed by atoms with Crippen molar-refractivity contribution in [3.05, 3.63) is 28.7 Å². The monoisotopic (exact) mass is 311 g/mol. The third-order valence-electron chi connectivity index (χ3n) is 3.79. The van der Waals surface area contributed by atoms with Crippen molar-refractivity contribution in [2.45, 2.75) is 44.6 Å². The van der Waals surface area contributed by atoms with Crippen LogP contribution in [0.3, 0.4) is 0 Å². The van der Waals surface area contributed by atoms with E-state index in [1.54, 1.807) is 0 Å². The molecule has 0 bridgehead atoms. The van der Waals surface area contributed by atoms with E-state index in [2.05, 4.69) is 15.9 Å². The number of halogens is 1. The van der Waals surface area contributed by atoms with Gasteiger partial charge in [-0.1, -0.05) is 35.2 Å². The number of hydrogen-bond acceptors (Lipinski definition) is 2. The van der Waals surface area contributed by atoms with Gasteiger partial charge < -0.3 is 10.5 Å². The number of nitrogens with two attached hydrogens (primary N) is 1.